The lowest BCUT2D eigenvalue weighted by Crippen LogP contribution is -2.42. The summed E-state index contributed by atoms with van der Waals surface area (Å²) < 4.78 is 36.5. The number of ketones is 1. The van der Waals surface area contributed by atoms with Gasteiger partial charge in [-0.15, -0.1) is 0 Å². The van der Waals surface area contributed by atoms with Crippen LogP contribution >= 0.6 is 0 Å². The summed E-state index contributed by atoms with van der Waals surface area (Å²) in [5, 5.41) is 10.6. The molecule has 0 saturated heterocycles. The van der Waals surface area contributed by atoms with Gasteiger partial charge in [0, 0.05) is 37.5 Å². The van der Waals surface area contributed by atoms with Crippen LogP contribution in [0.15, 0.2) is 70.5 Å². The van der Waals surface area contributed by atoms with E-state index in [9.17, 15) is 18.8 Å². The van der Waals surface area contributed by atoms with Gasteiger partial charge in [-0.3, -0.25) is 19.3 Å². The van der Waals surface area contributed by atoms with Crippen LogP contribution in [0, 0.1) is 11.6 Å². The highest BCUT2D eigenvalue weighted by atomic mass is 19.1. The van der Waals surface area contributed by atoms with E-state index in [1.165, 1.54) is 41.2 Å². The van der Waals surface area contributed by atoms with Gasteiger partial charge in [0.15, 0.2) is 28.8 Å². The fraction of sp³-hybridized carbons (Fsp3) is 0.207. The van der Waals surface area contributed by atoms with Crippen molar-refractivity contribution in [2.24, 2.45) is 0 Å². The number of carbonyl (C=O) groups is 1. The summed E-state index contributed by atoms with van der Waals surface area (Å²) in [6.07, 6.45) is 2.41. The smallest absolute Gasteiger partial charge is 0.335 e. The number of nitrogens with one attached hydrogen (secondary N) is 2. The molecule has 0 radical (unpaired) electrons. The highest BCUT2D eigenvalue weighted by Gasteiger charge is 2.21. The van der Waals surface area contributed by atoms with Crippen molar-refractivity contribution in [3.8, 4) is 17.2 Å². The number of aromatic nitrogens is 5. The Morgan fingerprint density at radius 2 is 1.83 bits per heavy atom. The molecule has 0 fully saturated rings. The molecule has 0 bridgehead atoms. The monoisotopic (exact) mass is 560 g/mol. The van der Waals surface area contributed by atoms with Crippen LogP contribution in [0.4, 0.5) is 14.6 Å². The molecule has 10 nitrogen and oxygen atoms in total. The first-order chi connectivity index (χ1) is 19.7. The number of nitrogens with zero attached hydrogens (tertiary/aromatic N) is 4. The second kappa shape index (κ2) is 11.2. The molecule has 12 heteroatoms. The SMILES string of the molecule is CCNc1n[nH]c2nccc(Oc3ccc(CC(=O)c4cn(C(C)C)c(=O)n(-c5ccc(F)cc5)c4=O)cc3F)c12. The van der Waals surface area contributed by atoms with E-state index in [0.717, 1.165) is 22.8 Å². The van der Waals surface area contributed by atoms with E-state index in [0.29, 0.717) is 34.7 Å². The number of hydrogen-bond donors (Lipinski definition) is 2. The first kappa shape index (κ1) is 27.4. The number of aromatic amines is 1. The molecule has 0 aliphatic heterocycles. The van der Waals surface area contributed by atoms with Gasteiger partial charge in [0.1, 0.15) is 22.5 Å². The minimum Gasteiger partial charge on any atom is -0.453 e. The minimum atomic E-state index is -0.845. The van der Waals surface area contributed by atoms with Crippen molar-refractivity contribution in [3.63, 3.8) is 0 Å². The predicted octanol–water partition coefficient (Wildman–Crippen LogP) is 4.78. The van der Waals surface area contributed by atoms with Gasteiger partial charge >= 0.3 is 5.69 Å². The maximum Gasteiger partial charge on any atom is 0.335 e. The van der Waals surface area contributed by atoms with Gasteiger partial charge < -0.3 is 10.1 Å². The number of halogens is 2. The molecule has 0 aliphatic carbocycles. The average molecular weight is 561 g/mol. The van der Waals surface area contributed by atoms with Crippen molar-refractivity contribution < 1.29 is 18.3 Å². The Hall–Kier alpha value is -5.13. The van der Waals surface area contributed by atoms with Crippen LogP contribution in [0.2, 0.25) is 0 Å². The number of ether oxygens (including phenoxy) is 1. The fourth-order valence-electron chi connectivity index (χ4n) is 4.39. The van der Waals surface area contributed by atoms with E-state index < -0.39 is 28.7 Å². The minimum absolute atomic E-state index is 0.0793. The summed E-state index contributed by atoms with van der Waals surface area (Å²) in [5.74, 6) is -1.10. The summed E-state index contributed by atoms with van der Waals surface area (Å²) in [7, 11) is 0. The van der Waals surface area contributed by atoms with Crippen LogP contribution in [-0.2, 0) is 6.42 Å². The Kier molecular flexibility index (Phi) is 7.47. The maximum absolute atomic E-state index is 15.2. The van der Waals surface area contributed by atoms with Gasteiger partial charge in [-0.25, -0.2) is 23.1 Å². The maximum atomic E-state index is 15.2. The Bertz CT molecular complexity index is 1880. The van der Waals surface area contributed by atoms with Crippen LogP contribution in [0.5, 0.6) is 11.5 Å². The zero-order valence-corrected chi connectivity index (χ0v) is 22.4. The molecule has 3 aromatic heterocycles. The summed E-state index contributed by atoms with van der Waals surface area (Å²) in [6, 6.07) is 10.1. The third-order valence-electron chi connectivity index (χ3n) is 6.40. The lowest BCUT2D eigenvalue weighted by Gasteiger charge is -2.15. The van der Waals surface area contributed by atoms with Crippen LogP contribution in [-0.4, -0.2) is 36.6 Å². The lowest BCUT2D eigenvalue weighted by molar-refractivity contribution is 0.0990. The number of rotatable bonds is 9. The van der Waals surface area contributed by atoms with Crippen molar-refractivity contribution in [1.82, 2.24) is 24.3 Å². The van der Waals surface area contributed by atoms with E-state index in [1.54, 1.807) is 19.9 Å². The zero-order chi connectivity index (χ0) is 29.3. The predicted molar refractivity (Wildman–Crippen MR) is 149 cm³/mol. The first-order valence-electron chi connectivity index (χ1n) is 12.9. The number of benzene rings is 2. The zero-order valence-electron chi connectivity index (χ0n) is 22.4. The van der Waals surface area contributed by atoms with Gasteiger partial charge in [0.05, 0.1) is 5.69 Å². The van der Waals surface area contributed by atoms with Crippen molar-refractivity contribution in [2.45, 2.75) is 33.2 Å². The van der Waals surface area contributed by atoms with Crippen LogP contribution in [0.3, 0.4) is 0 Å². The summed E-state index contributed by atoms with van der Waals surface area (Å²) in [4.78, 5) is 43.8. The molecule has 3 heterocycles. The van der Waals surface area contributed by atoms with Crippen molar-refractivity contribution in [2.75, 3.05) is 11.9 Å². The van der Waals surface area contributed by atoms with Crippen LogP contribution in [0.25, 0.3) is 16.7 Å². The largest absolute Gasteiger partial charge is 0.453 e. The van der Waals surface area contributed by atoms with Gasteiger partial charge in [-0.05, 0) is 62.7 Å². The van der Waals surface area contributed by atoms with E-state index in [2.05, 4.69) is 20.5 Å². The number of Topliss-reactive ketones (excluding diaryl/α,β-unsaturated/α-hetero) is 1. The number of hydrogen-bond acceptors (Lipinski definition) is 7. The Labute approximate surface area is 232 Å². The first-order valence-corrected chi connectivity index (χ1v) is 12.9. The molecular weight excluding hydrogens is 534 g/mol. The quantitative estimate of drug-likeness (QED) is 0.249. The molecule has 0 atom stereocenters. The summed E-state index contributed by atoms with van der Waals surface area (Å²) >= 11 is 0. The molecule has 5 rings (SSSR count). The summed E-state index contributed by atoms with van der Waals surface area (Å²) in [5.41, 5.74) is -0.874. The Balaban J connectivity index is 1.45. The Morgan fingerprint density at radius 3 is 2.51 bits per heavy atom. The van der Waals surface area contributed by atoms with Crippen molar-refractivity contribution in [1.29, 1.82) is 0 Å². The average Bonchev–Trinajstić information content (AvgIpc) is 3.35. The van der Waals surface area contributed by atoms with Crippen LogP contribution in [0.1, 0.15) is 42.7 Å². The van der Waals surface area contributed by atoms with Crippen molar-refractivity contribution >= 4 is 22.6 Å². The molecule has 2 N–H and O–H groups in total. The molecule has 0 saturated carbocycles. The second-order valence-corrected chi connectivity index (χ2v) is 9.55. The van der Waals surface area contributed by atoms with E-state index >= 15 is 4.39 Å². The molecular formula is C29H26F2N6O4. The molecule has 210 valence electrons. The molecule has 5 aromatic rings. The lowest BCUT2D eigenvalue weighted by atomic mass is 10.0. The van der Waals surface area contributed by atoms with Gasteiger partial charge in [-0.2, -0.15) is 5.10 Å². The van der Waals surface area contributed by atoms with Gasteiger partial charge in [0.2, 0.25) is 0 Å². The van der Waals surface area contributed by atoms with E-state index in [-0.39, 0.29) is 29.5 Å². The highest BCUT2D eigenvalue weighted by Crippen LogP contribution is 2.34. The number of H-pyrrole nitrogens is 1. The van der Waals surface area contributed by atoms with Gasteiger partial charge in [0.25, 0.3) is 5.56 Å². The molecule has 0 spiro atoms. The molecule has 41 heavy (non-hydrogen) atoms. The molecule has 0 aliphatic rings. The fourth-order valence-corrected chi connectivity index (χ4v) is 4.39. The van der Waals surface area contributed by atoms with Crippen LogP contribution < -0.4 is 21.3 Å². The molecule has 0 amide bonds. The topological polar surface area (TPSA) is 124 Å². The molecule has 0 unspecified atom stereocenters. The number of pyridine rings is 1. The van der Waals surface area contributed by atoms with E-state index in [1.807, 2.05) is 6.92 Å². The standard InChI is InChI=1S/C29H26F2N6O4/c1-4-32-26-25-24(11-12-33-27(25)35-34-26)41-23-10-5-17(13-21(23)31)14-22(38)20-15-36(16(2)3)29(40)37(28(20)39)19-8-6-18(30)7-9-19/h5-13,15-16H,4,14H2,1-3H3,(H2,32,33,34,35). The second-order valence-electron chi connectivity index (χ2n) is 9.55. The van der Waals surface area contributed by atoms with Crippen molar-refractivity contribution in [3.05, 3.63) is 105 Å². The number of carbonyl (C=O) groups excluding carboxylic acids is 1. The van der Waals surface area contributed by atoms with Gasteiger partial charge in [-0.1, -0.05) is 6.07 Å². The Morgan fingerprint density at radius 1 is 1.07 bits per heavy atom. The number of fused-ring (bicyclic) bond motifs is 1. The highest BCUT2D eigenvalue weighted by molar-refractivity contribution is 5.97. The summed E-state index contributed by atoms with van der Waals surface area (Å²) in [6.45, 7) is 5.97. The van der Waals surface area contributed by atoms with E-state index in [4.69, 9.17) is 4.74 Å². The number of anilines is 1. The normalized spacial score (nSPS) is 11.3. The molecule has 2 aromatic carbocycles. The third kappa shape index (κ3) is 5.36. The third-order valence-corrected chi connectivity index (χ3v) is 6.40.